The highest BCUT2D eigenvalue weighted by atomic mass is 16.5. The quantitative estimate of drug-likeness (QED) is 0.681. The lowest BCUT2D eigenvalue weighted by molar-refractivity contribution is 0.396. The molecule has 0 saturated carbocycles. The molecular formula is C20H22N2O. The molecular weight excluding hydrogens is 284 g/mol. The summed E-state index contributed by atoms with van der Waals surface area (Å²) in [6.07, 6.45) is 6.98. The highest BCUT2D eigenvalue weighted by Gasteiger charge is 2.16. The molecule has 0 spiro atoms. The molecule has 0 N–H and O–H groups in total. The van der Waals surface area contributed by atoms with E-state index in [1.165, 1.54) is 28.3 Å². The Morgan fingerprint density at radius 3 is 2.35 bits per heavy atom. The maximum Gasteiger partial charge on any atom is 0.232 e. The number of rotatable bonds is 2. The van der Waals surface area contributed by atoms with E-state index >= 15 is 0 Å². The van der Waals surface area contributed by atoms with Crippen molar-refractivity contribution >= 4 is 10.8 Å². The van der Waals surface area contributed by atoms with E-state index in [0.29, 0.717) is 5.88 Å². The second-order valence-corrected chi connectivity index (χ2v) is 5.76. The summed E-state index contributed by atoms with van der Waals surface area (Å²) in [7, 11) is 1.60. The molecule has 0 radical (unpaired) electrons. The van der Waals surface area contributed by atoms with Crippen molar-refractivity contribution < 1.29 is 4.74 Å². The standard InChI is InChI=1S/C17H14N2O.C3H8/c1-20-16-10-18-15(9-19-16)13-8-7-12-6-5-11-3-2-4-14(13)17(11)12;1-3-2/h2-4,7-10H,5-6H2,1H3;3H2,1-2H3. The molecule has 1 heterocycles. The van der Waals surface area contributed by atoms with E-state index in [1.54, 1.807) is 19.5 Å². The van der Waals surface area contributed by atoms with Gasteiger partial charge in [0.1, 0.15) is 0 Å². The Morgan fingerprint density at radius 1 is 0.957 bits per heavy atom. The Labute approximate surface area is 137 Å². The summed E-state index contributed by atoms with van der Waals surface area (Å²) in [4.78, 5) is 8.72. The van der Waals surface area contributed by atoms with Gasteiger partial charge in [-0.2, -0.15) is 0 Å². The predicted octanol–water partition coefficient (Wildman–Crippen LogP) is 4.82. The van der Waals surface area contributed by atoms with Crippen LogP contribution in [-0.2, 0) is 12.8 Å². The van der Waals surface area contributed by atoms with Crippen LogP contribution in [0.3, 0.4) is 0 Å². The highest BCUT2D eigenvalue weighted by molar-refractivity contribution is 6.00. The van der Waals surface area contributed by atoms with Crippen LogP contribution in [0, 0.1) is 0 Å². The van der Waals surface area contributed by atoms with Crippen molar-refractivity contribution in [2.75, 3.05) is 7.11 Å². The SMILES string of the molecule is CCC.COc1cnc(-c2ccc3c4c(cccc24)CC3)cn1. The largest absolute Gasteiger partial charge is 0.480 e. The lowest BCUT2D eigenvalue weighted by atomic mass is 9.98. The molecule has 0 bridgehead atoms. The second kappa shape index (κ2) is 6.78. The predicted molar refractivity (Wildman–Crippen MR) is 94.9 cm³/mol. The van der Waals surface area contributed by atoms with Gasteiger partial charge in [-0.15, -0.1) is 0 Å². The Morgan fingerprint density at radius 2 is 1.70 bits per heavy atom. The van der Waals surface area contributed by atoms with Gasteiger partial charge in [0.25, 0.3) is 0 Å². The summed E-state index contributed by atoms with van der Waals surface area (Å²) in [5, 5.41) is 2.68. The summed E-state index contributed by atoms with van der Waals surface area (Å²) in [5.74, 6) is 0.541. The average molecular weight is 306 g/mol. The number of hydrogen-bond acceptors (Lipinski definition) is 3. The zero-order valence-electron chi connectivity index (χ0n) is 14.0. The van der Waals surface area contributed by atoms with Gasteiger partial charge in [0.05, 0.1) is 25.2 Å². The van der Waals surface area contributed by atoms with Gasteiger partial charge < -0.3 is 4.74 Å². The van der Waals surface area contributed by atoms with Crippen LogP contribution in [-0.4, -0.2) is 17.1 Å². The van der Waals surface area contributed by atoms with E-state index in [4.69, 9.17) is 4.74 Å². The first-order chi connectivity index (χ1) is 11.3. The van der Waals surface area contributed by atoms with Gasteiger partial charge in [-0.25, -0.2) is 9.97 Å². The molecule has 1 aliphatic rings. The third-order valence-corrected chi connectivity index (χ3v) is 3.99. The van der Waals surface area contributed by atoms with Crippen LogP contribution in [0.4, 0.5) is 0 Å². The molecule has 4 rings (SSSR count). The number of hydrogen-bond donors (Lipinski definition) is 0. The molecule has 0 saturated heterocycles. The molecule has 3 heteroatoms. The normalized spacial score (nSPS) is 12.0. The molecule has 2 aromatic carbocycles. The van der Waals surface area contributed by atoms with Gasteiger partial charge in [-0.05, 0) is 34.7 Å². The Kier molecular flexibility index (Phi) is 4.56. The molecule has 1 aliphatic carbocycles. The minimum Gasteiger partial charge on any atom is -0.480 e. The van der Waals surface area contributed by atoms with Crippen LogP contribution in [0.1, 0.15) is 31.4 Å². The van der Waals surface area contributed by atoms with Gasteiger partial charge in [0.15, 0.2) is 0 Å². The first kappa shape index (κ1) is 15.5. The van der Waals surface area contributed by atoms with Crippen molar-refractivity contribution in [1.29, 1.82) is 0 Å². The first-order valence-corrected chi connectivity index (χ1v) is 8.18. The van der Waals surface area contributed by atoms with Gasteiger partial charge in [-0.1, -0.05) is 50.6 Å². The minimum absolute atomic E-state index is 0.541. The van der Waals surface area contributed by atoms with E-state index in [0.717, 1.165) is 24.1 Å². The molecule has 0 amide bonds. The maximum absolute atomic E-state index is 5.07. The average Bonchev–Trinajstić information content (AvgIpc) is 3.01. The smallest absolute Gasteiger partial charge is 0.232 e. The minimum atomic E-state index is 0.541. The van der Waals surface area contributed by atoms with E-state index in [2.05, 4.69) is 54.1 Å². The Hall–Kier alpha value is -2.42. The lowest BCUT2D eigenvalue weighted by Crippen LogP contribution is -1.92. The fourth-order valence-corrected chi connectivity index (χ4v) is 3.03. The van der Waals surface area contributed by atoms with Crippen LogP contribution in [0.25, 0.3) is 22.0 Å². The number of aryl methyl sites for hydroxylation is 2. The number of ether oxygens (including phenoxy) is 1. The van der Waals surface area contributed by atoms with Gasteiger partial charge >= 0.3 is 0 Å². The molecule has 0 atom stereocenters. The maximum atomic E-state index is 5.07. The van der Waals surface area contributed by atoms with Gasteiger partial charge in [0, 0.05) is 5.56 Å². The summed E-state index contributed by atoms with van der Waals surface area (Å²) < 4.78 is 5.07. The van der Waals surface area contributed by atoms with Crippen molar-refractivity contribution in [3.8, 4) is 17.1 Å². The monoisotopic (exact) mass is 306 g/mol. The zero-order valence-corrected chi connectivity index (χ0v) is 14.0. The summed E-state index contributed by atoms with van der Waals surface area (Å²) >= 11 is 0. The van der Waals surface area contributed by atoms with Gasteiger partial charge in [-0.3, -0.25) is 0 Å². The van der Waals surface area contributed by atoms with Crippen LogP contribution >= 0.6 is 0 Å². The molecule has 0 unspecified atom stereocenters. The number of methoxy groups -OCH3 is 1. The van der Waals surface area contributed by atoms with Crippen LogP contribution in [0.2, 0.25) is 0 Å². The number of benzene rings is 2. The lowest BCUT2D eigenvalue weighted by Gasteiger charge is -2.08. The molecule has 0 fully saturated rings. The third-order valence-electron chi connectivity index (χ3n) is 3.99. The molecule has 23 heavy (non-hydrogen) atoms. The second-order valence-electron chi connectivity index (χ2n) is 5.76. The van der Waals surface area contributed by atoms with Gasteiger partial charge in [0.2, 0.25) is 5.88 Å². The molecule has 3 aromatic rings. The first-order valence-electron chi connectivity index (χ1n) is 8.18. The molecule has 3 nitrogen and oxygen atoms in total. The Balaban J connectivity index is 0.000000485. The zero-order chi connectivity index (χ0) is 16.2. The van der Waals surface area contributed by atoms with E-state index in [1.807, 2.05) is 0 Å². The fraction of sp³-hybridized carbons (Fsp3) is 0.300. The molecule has 118 valence electrons. The van der Waals surface area contributed by atoms with Crippen molar-refractivity contribution in [2.45, 2.75) is 33.1 Å². The van der Waals surface area contributed by atoms with E-state index in [-0.39, 0.29) is 0 Å². The van der Waals surface area contributed by atoms with E-state index in [9.17, 15) is 0 Å². The number of nitrogens with zero attached hydrogens (tertiary/aromatic N) is 2. The fourth-order valence-electron chi connectivity index (χ4n) is 3.03. The summed E-state index contributed by atoms with van der Waals surface area (Å²) in [6, 6.07) is 10.9. The third kappa shape index (κ3) is 2.91. The van der Waals surface area contributed by atoms with Crippen LogP contribution < -0.4 is 4.74 Å². The van der Waals surface area contributed by atoms with Crippen LogP contribution in [0.15, 0.2) is 42.7 Å². The topological polar surface area (TPSA) is 35.0 Å². The van der Waals surface area contributed by atoms with E-state index < -0.39 is 0 Å². The van der Waals surface area contributed by atoms with Crippen molar-refractivity contribution in [3.05, 3.63) is 53.9 Å². The Bertz CT molecular complexity index is 799. The molecule has 0 aliphatic heterocycles. The summed E-state index contributed by atoms with van der Waals surface area (Å²) in [5.41, 5.74) is 4.92. The summed E-state index contributed by atoms with van der Waals surface area (Å²) in [6.45, 7) is 4.25. The van der Waals surface area contributed by atoms with Crippen molar-refractivity contribution in [3.63, 3.8) is 0 Å². The van der Waals surface area contributed by atoms with Crippen LogP contribution in [0.5, 0.6) is 5.88 Å². The molecule has 1 aromatic heterocycles. The van der Waals surface area contributed by atoms with Crippen molar-refractivity contribution in [1.82, 2.24) is 9.97 Å². The number of aromatic nitrogens is 2. The highest BCUT2D eigenvalue weighted by Crippen LogP contribution is 2.36. The van der Waals surface area contributed by atoms with Crippen molar-refractivity contribution in [2.24, 2.45) is 0 Å².